The summed E-state index contributed by atoms with van der Waals surface area (Å²) < 4.78 is 13.4. The summed E-state index contributed by atoms with van der Waals surface area (Å²) in [6.45, 7) is 3.71. The van der Waals surface area contributed by atoms with E-state index in [0.29, 0.717) is 28.2 Å². The van der Waals surface area contributed by atoms with Crippen molar-refractivity contribution >= 4 is 38.4 Å². The number of nitrogens with two attached hydrogens (primary N) is 1. The standard InChI is InChI=1S/C13H8FN5S.C11H15N/c14-6-3-8-9(5-17-11(8)16-4-6)12-18-10(15)7-1-2-20-13(7)19-12;1-2-6-11(7-3-1)10-12-8-4-5-9-12/h1-5H,(H,16,17)(H2,15,18,19);1-3,6-7H,4-5,8-10H2. The molecule has 1 saturated heterocycles. The molecule has 6 nitrogen and oxygen atoms in total. The van der Waals surface area contributed by atoms with E-state index in [2.05, 4.69) is 55.2 Å². The van der Waals surface area contributed by atoms with E-state index in [1.54, 1.807) is 6.20 Å². The zero-order valence-electron chi connectivity index (χ0n) is 17.5. The number of fused-ring (bicyclic) bond motifs is 2. The molecule has 3 N–H and O–H groups in total. The zero-order chi connectivity index (χ0) is 21.9. The average molecular weight is 447 g/mol. The Bertz CT molecular complexity index is 1340. The van der Waals surface area contributed by atoms with Gasteiger partial charge in [0.25, 0.3) is 0 Å². The van der Waals surface area contributed by atoms with Crippen LogP contribution in [-0.4, -0.2) is 37.9 Å². The summed E-state index contributed by atoms with van der Waals surface area (Å²) in [5.74, 6) is 0.490. The van der Waals surface area contributed by atoms with Gasteiger partial charge in [0, 0.05) is 23.7 Å². The number of benzene rings is 1. The van der Waals surface area contributed by atoms with Crippen LogP contribution >= 0.6 is 11.3 Å². The van der Waals surface area contributed by atoms with Gasteiger partial charge in [-0.15, -0.1) is 11.3 Å². The minimum Gasteiger partial charge on any atom is -0.383 e. The first kappa shape index (κ1) is 20.5. The SMILES string of the molecule is Nc1nc(-c2c[nH]c3ncc(F)cc23)nc2sccc12.c1ccc(CN2CCCC2)cc1. The van der Waals surface area contributed by atoms with Crippen molar-refractivity contribution in [2.24, 2.45) is 0 Å². The molecule has 8 heteroatoms. The van der Waals surface area contributed by atoms with Crippen LogP contribution in [-0.2, 0) is 6.54 Å². The fourth-order valence-corrected chi connectivity index (χ4v) is 4.72. The molecule has 1 aromatic carbocycles. The van der Waals surface area contributed by atoms with Crippen molar-refractivity contribution in [3.05, 3.63) is 71.6 Å². The van der Waals surface area contributed by atoms with Crippen LogP contribution in [0.1, 0.15) is 18.4 Å². The molecule has 5 aromatic rings. The maximum atomic E-state index is 13.4. The van der Waals surface area contributed by atoms with Crippen molar-refractivity contribution < 1.29 is 4.39 Å². The van der Waals surface area contributed by atoms with Crippen molar-refractivity contribution in [3.8, 4) is 11.4 Å². The normalized spacial score (nSPS) is 14.0. The Labute approximate surface area is 189 Å². The lowest BCUT2D eigenvalue weighted by molar-refractivity contribution is 0.331. The van der Waals surface area contributed by atoms with Crippen LogP contribution in [0.4, 0.5) is 10.2 Å². The first-order chi connectivity index (χ1) is 15.7. The first-order valence-corrected chi connectivity index (χ1v) is 11.5. The van der Waals surface area contributed by atoms with Gasteiger partial charge in [-0.25, -0.2) is 19.3 Å². The Morgan fingerprint density at radius 2 is 1.88 bits per heavy atom. The second-order valence-electron chi connectivity index (χ2n) is 7.79. The number of hydrogen-bond acceptors (Lipinski definition) is 6. The number of nitrogens with one attached hydrogen (secondary N) is 1. The predicted molar refractivity (Wildman–Crippen MR) is 128 cm³/mol. The molecule has 32 heavy (non-hydrogen) atoms. The van der Waals surface area contributed by atoms with Crippen LogP contribution < -0.4 is 5.73 Å². The molecular formula is C24H23FN6S. The van der Waals surface area contributed by atoms with Crippen LogP contribution in [0.5, 0.6) is 0 Å². The molecule has 4 aromatic heterocycles. The number of aromatic nitrogens is 4. The summed E-state index contributed by atoms with van der Waals surface area (Å²) in [6, 6.07) is 14.0. The number of anilines is 1. The van der Waals surface area contributed by atoms with Crippen molar-refractivity contribution in [2.75, 3.05) is 18.8 Å². The Kier molecular flexibility index (Phi) is 5.79. The van der Waals surface area contributed by atoms with Crippen LogP contribution in [0.2, 0.25) is 0 Å². The van der Waals surface area contributed by atoms with Crippen molar-refractivity contribution in [2.45, 2.75) is 19.4 Å². The number of halogens is 1. The average Bonchev–Trinajstić information content (AvgIpc) is 3.55. The second-order valence-corrected chi connectivity index (χ2v) is 8.69. The number of thiophene rings is 1. The van der Waals surface area contributed by atoms with Crippen LogP contribution in [0, 0.1) is 5.82 Å². The topological polar surface area (TPSA) is 83.7 Å². The number of nitrogens with zero attached hydrogens (tertiary/aromatic N) is 4. The number of nitrogen functional groups attached to an aromatic ring is 1. The van der Waals surface area contributed by atoms with E-state index < -0.39 is 5.82 Å². The highest BCUT2D eigenvalue weighted by molar-refractivity contribution is 7.16. The van der Waals surface area contributed by atoms with Crippen molar-refractivity contribution in [1.29, 1.82) is 0 Å². The number of hydrogen-bond donors (Lipinski definition) is 2. The molecule has 0 amide bonds. The maximum Gasteiger partial charge on any atom is 0.165 e. The predicted octanol–water partition coefficient (Wildman–Crippen LogP) is 5.24. The van der Waals surface area contributed by atoms with Gasteiger partial charge in [-0.3, -0.25) is 4.90 Å². The van der Waals surface area contributed by atoms with Gasteiger partial charge < -0.3 is 10.7 Å². The van der Waals surface area contributed by atoms with E-state index >= 15 is 0 Å². The number of pyridine rings is 1. The molecule has 0 atom stereocenters. The minimum absolute atomic E-state index is 0.400. The highest BCUT2D eigenvalue weighted by Gasteiger charge is 2.14. The van der Waals surface area contributed by atoms with Gasteiger partial charge in [0.2, 0.25) is 0 Å². The molecule has 162 valence electrons. The van der Waals surface area contributed by atoms with E-state index in [4.69, 9.17) is 5.73 Å². The maximum absolute atomic E-state index is 13.4. The lowest BCUT2D eigenvalue weighted by Crippen LogP contribution is -2.18. The summed E-state index contributed by atoms with van der Waals surface area (Å²) in [5, 5.41) is 3.39. The van der Waals surface area contributed by atoms with Gasteiger partial charge in [0.1, 0.15) is 22.1 Å². The van der Waals surface area contributed by atoms with E-state index in [9.17, 15) is 4.39 Å². The minimum atomic E-state index is -0.400. The van der Waals surface area contributed by atoms with Gasteiger partial charge in [0.15, 0.2) is 5.82 Å². The second kappa shape index (κ2) is 9.02. The molecule has 1 fully saturated rings. The van der Waals surface area contributed by atoms with Crippen LogP contribution in [0.25, 0.3) is 32.6 Å². The monoisotopic (exact) mass is 446 g/mol. The molecule has 5 heterocycles. The Morgan fingerprint density at radius 1 is 1.06 bits per heavy atom. The largest absolute Gasteiger partial charge is 0.383 e. The molecule has 0 spiro atoms. The molecule has 0 aliphatic carbocycles. The zero-order valence-corrected chi connectivity index (χ0v) is 18.3. The molecule has 0 bridgehead atoms. The lowest BCUT2D eigenvalue weighted by atomic mass is 10.2. The van der Waals surface area contributed by atoms with Crippen LogP contribution in [0.3, 0.4) is 0 Å². The van der Waals surface area contributed by atoms with Gasteiger partial charge in [-0.1, -0.05) is 30.3 Å². The third kappa shape index (κ3) is 4.32. The number of H-pyrrole nitrogens is 1. The summed E-state index contributed by atoms with van der Waals surface area (Å²) in [5.41, 5.74) is 8.66. The quantitative estimate of drug-likeness (QED) is 0.396. The van der Waals surface area contributed by atoms with Crippen LogP contribution in [0.15, 0.2) is 60.2 Å². The third-order valence-electron chi connectivity index (χ3n) is 5.54. The van der Waals surface area contributed by atoms with E-state index in [1.807, 2.05) is 11.4 Å². The Balaban J connectivity index is 0.000000154. The molecular weight excluding hydrogens is 423 g/mol. The third-order valence-corrected chi connectivity index (χ3v) is 6.35. The van der Waals surface area contributed by atoms with E-state index in [0.717, 1.165) is 16.8 Å². The van der Waals surface area contributed by atoms with Gasteiger partial charge in [0.05, 0.1) is 11.6 Å². The molecule has 1 aliphatic heterocycles. The first-order valence-electron chi connectivity index (χ1n) is 10.6. The molecule has 0 radical (unpaired) electrons. The fourth-order valence-electron chi connectivity index (χ4n) is 3.94. The Hall–Kier alpha value is -3.36. The van der Waals surface area contributed by atoms with Crippen molar-refractivity contribution in [3.63, 3.8) is 0 Å². The molecule has 0 unspecified atom stereocenters. The highest BCUT2D eigenvalue weighted by atomic mass is 32.1. The molecule has 6 rings (SSSR count). The highest BCUT2D eigenvalue weighted by Crippen LogP contribution is 2.30. The van der Waals surface area contributed by atoms with Gasteiger partial charge >= 0.3 is 0 Å². The van der Waals surface area contributed by atoms with Crippen molar-refractivity contribution in [1.82, 2.24) is 24.8 Å². The van der Waals surface area contributed by atoms with Gasteiger partial charge in [-0.2, -0.15) is 0 Å². The summed E-state index contributed by atoms with van der Waals surface area (Å²) in [4.78, 5) is 19.1. The fraction of sp³-hybridized carbons (Fsp3) is 0.208. The lowest BCUT2D eigenvalue weighted by Gasteiger charge is -2.13. The number of rotatable bonds is 3. The van der Waals surface area contributed by atoms with E-state index in [1.165, 1.54) is 55.1 Å². The number of aromatic amines is 1. The van der Waals surface area contributed by atoms with Gasteiger partial charge in [-0.05, 0) is 49.0 Å². The van der Waals surface area contributed by atoms with E-state index in [-0.39, 0.29) is 0 Å². The summed E-state index contributed by atoms with van der Waals surface area (Å²) >= 11 is 1.49. The number of likely N-dealkylation sites (tertiary alicyclic amines) is 1. The Morgan fingerprint density at radius 3 is 2.69 bits per heavy atom. The summed E-state index contributed by atoms with van der Waals surface area (Å²) in [7, 11) is 0. The molecule has 0 saturated carbocycles. The summed E-state index contributed by atoms with van der Waals surface area (Å²) in [6.07, 6.45) is 5.64. The smallest absolute Gasteiger partial charge is 0.165 e. The molecule has 1 aliphatic rings.